The Hall–Kier alpha value is -1.83. The molecule has 25 heavy (non-hydrogen) atoms. The molecule has 0 N–H and O–H groups in total. The third kappa shape index (κ3) is 3.89. The summed E-state index contributed by atoms with van der Waals surface area (Å²) in [6.07, 6.45) is 2.35. The highest BCUT2D eigenvalue weighted by Gasteiger charge is 2.23. The molecule has 0 spiro atoms. The number of benzene rings is 1. The molecule has 2 aromatic rings. The van der Waals surface area contributed by atoms with Crippen LogP contribution in [0.2, 0.25) is 0 Å². The minimum absolute atomic E-state index is 0.0546. The monoisotopic (exact) mass is 343 g/mol. The van der Waals surface area contributed by atoms with Crippen LogP contribution in [0.3, 0.4) is 0 Å². The van der Waals surface area contributed by atoms with Gasteiger partial charge in [-0.25, -0.2) is 0 Å². The molecule has 2 aliphatic heterocycles. The van der Waals surface area contributed by atoms with E-state index in [0.29, 0.717) is 17.6 Å². The highest BCUT2D eigenvalue weighted by atomic mass is 16.5. The molecule has 1 aromatic heterocycles. The van der Waals surface area contributed by atoms with Crippen molar-refractivity contribution in [3.8, 4) is 0 Å². The number of aromatic nitrogens is 3. The molecule has 0 unspecified atom stereocenters. The Balaban J connectivity index is 1.34. The lowest BCUT2D eigenvalue weighted by molar-refractivity contribution is 0.0227. The molecular formula is C18H25N5O2. The summed E-state index contributed by atoms with van der Waals surface area (Å²) in [5.74, 6) is 0.744. The number of ether oxygens (including phenoxy) is 1. The number of hydrogen-bond acceptors (Lipinski definition) is 6. The molecule has 2 saturated heterocycles. The Morgan fingerprint density at radius 1 is 1.04 bits per heavy atom. The predicted octanol–water partition coefficient (Wildman–Crippen LogP) is 0.793. The molecule has 3 heterocycles. The quantitative estimate of drug-likeness (QED) is 0.818. The maximum atomic E-state index is 12.5. The van der Waals surface area contributed by atoms with Gasteiger partial charge in [-0.3, -0.25) is 14.6 Å². The van der Waals surface area contributed by atoms with E-state index in [1.54, 1.807) is 0 Å². The smallest absolute Gasteiger partial charge is 0.278 e. The van der Waals surface area contributed by atoms with Crippen molar-refractivity contribution in [2.45, 2.75) is 19.5 Å². The van der Waals surface area contributed by atoms with Crippen LogP contribution in [0.25, 0.3) is 10.9 Å². The highest BCUT2D eigenvalue weighted by molar-refractivity contribution is 5.76. The summed E-state index contributed by atoms with van der Waals surface area (Å²) in [6, 6.07) is 7.38. The van der Waals surface area contributed by atoms with Crippen molar-refractivity contribution in [2.24, 2.45) is 5.92 Å². The fourth-order valence-corrected chi connectivity index (χ4v) is 3.76. The van der Waals surface area contributed by atoms with E-state index >= 15 is 0 Å². The van der Waals surface area contributed by atoms with Crippen LogP contribution in [0.15, 0.2) is 29.1 Å². The van der Waals surface area contributed by atoms with Gasteiger partial charge in [0.1, 0.15) is 5.52 Å². The molecular weight excluding hydrogens is 318 g/mol. The summed E-state index contributed by atoms with van der Waals surface area (Å²) in [5.41, 5.74) is 0.606. The van der Waals surface area contributed by atoms with Crippen molar-refractivity contribution in [3.05, 3.63) is 34.6 Å². The largest absolute Gasteiger partial charge is 0.379 e. The first kappa shape index (κ1) is 16.6. The SMILES string of the molecule is O=c1c2ccccc2nnn1CN1CCC(CN2CCOCC2)CC1. The van der Waals surface area contributed by atoms with Crippen molar-refractivity contribution < 1.29 is 4.74 Å². The fourth-order valence-electron chi connectivity index (χ4n) is 3.76. The van der Waals surface area contributed by atoms with Crippen molar-refractivity contribution in [1.82, 2.24) is 24.8 Å². The Morgan fingerprint density at radius 3 is 2.60 bits per heavy atom. The molecule has 7 heteroatoms. The van der Waals surface area contributed by atoms with Crippen LogP contribution in [0.1, 0.15) is 12.8 Å². The minimum Gasteiger partial charge on any atom is -0.379 e. The minimum atomic E-state index is -0.0546. The first-order valence-electron chi connectivity index (χ1n) is 9.14. The van der Waals surface area contributed by atoms with E-state index in [2.05, 4.69) is 20.1 Å². The number of piperidine rings is 1. The zero-order valence-electron chi connectivity index (χ0n) is 14.5. The zero-order chi connectivity index (χ0) is 17.1. The first-order valence-corrected chi connectivity index (χ1v) is 9.14. The second kappa shape index (κ2) is 7.59. The maximum absolute atomic E-state index is 12.5. The lowest BCUT2D eigenvalue weighted by Gasteiger charge is -2.35. The van der Waals surface area contributed by atoms with E-state index in [9.17, 15) is 4.79 Å². The lowest BCUT2D eigenvalue weighted by atomic mass is 9.96. The Kier molecular flexibility index (Phi) is 5.05. The van der Waals surface area contributed by atoms with Gasteiger partial charge in [-0.15, -0.1) is 5.10 Å². The molecule has 134 valence electrons. The van der Waals surface area contributed by atoms with Gasteiger partial charge in [0.25, 0.3) is 5.56 Å². The predicted molar refractivity (Wildman–Crippen MR) is 95.4 cm³/mol. The Labute approximate surface area is 147 Å². The maximum Gasteiger partial charge on any atom is 0.278 e. The van der Waals surface area contributed by atoms with Gasteiger partial charge in [-0.2, -0.15) is 4.68 Å². The van der Waals surface area contributed by atoms with Crippen LogP contribution >= 0.6 is 0 Å². The average molecular weight is 343 g/mol. The summed E-state index contributed by atoms with van der Waals surface area (Å²) in [4.78, 5) is 17.4. The van der Waals surface area contributed by atoms with E-state index in [-0.39, 0.29) is 5.56 Å². The molecule has 0 aliphatic carbocycles. The second-order valence-corrected chi connectivity index (χ2v) is 7.03. The summed E-state index contributed by atoms with van der Waals surface area (Å²) in [5, 5.41) is 8.91. The molecule has 2 aliphatic rings. The molecule has 7 nitrogen and oxygen atoms in total. The van der Waals surface area contributed by atoms with E-state index in [4.69, 9.17) is 4.74 Å². The van der Waals surface area contributed by atoms with Gasteiger partial charge < -0.3 is 4.74 Å². The molecule has 0 radical (unpaired) electrons. The Morgan fingerprint density at radius 2 is 1.80 bits per heavy atom. The van der Waals surface area contributed by atoms with Crippen molar-refractivity contribution in [1.29, 1.82) is 0 Å². The summed E-state index contributed by atoms with van der Waals surface area (Å²) >= 11 is 0. The van der Waals surface area contributed by atoms with Gasteiger partial charge in [0.2, 0.25) is 0 Å². The highest BCUT2D eigenvalue weighted by Crippen LogP contribution is 2.19. The summed E-state index contributed by atoms with van der Waals surface area (Å²) in [7, 11) is 0. The molecule has 0 amide bonds. The van der Waals surface area contributed by atoms with Crippen molar-refractivity contribution in [3.63, 3.8) is 0 Å². The molecule has 0 saturated carbocycles. The summed E-state index contributed by atoms with van der Waals surface area (Å²) in [6.45, 7) is 7.56. The van der Waals surface area contributed by atoms with Crippen molar-refractivity contribution in [2.75, 3.05) is 45.9 Å². The van der Waals surface area contributed by atoms with E-state index < -0.39 is 0 Å². The number of fused-ring (bicyclic) bond motifs is 1. The fraction of sp³-hybridized carbons (Fsp3) is 0.611. The van der Waals surface area contributed by atoms with Gasteiger partial charge in [0.15, 0.2) is 0 Å². The standard InChI is InChI=1S/C18H25N5O2/c24-18-16-3-1-2-4-17(16)19-20-23(18)14-22-7-5-15(6-8-22)13-21-9-11-25-12-10-21/h1-4,15H,5-14H2. The van der Waals surface area contributed by atoms with E-state index in [0.717, 1.165) is 45.3 Å². The first-order chi connectivity index (χ1) is 12.3. The van der Waals surface area contributed by atoms with Gasteiger partial charge in [-0.1, -0.05) is 17.3 Å². The number of likely N-dealkylation sites (tertiary alicyclic amines) is 1. The normalized spacial score (nSPS) is 21.0. The van der Waals surface area contributed by atoms with Crippen LogP contribution in [-0.2, 0) is 11.4 Å². The molecule has 2 fully saturated rings. The van der Waals surface area contributed by atoms with Gasteiger partial charge in [0.05, 0.1) is 25.3 Å². The van der Waals surface area contributed by atoms with Crippen LogP contribution in [-0.4, -0.2) is 70.7 Å². The van der Waals surface area contributed by atoms with Gasteiger partial charge in [-0.05, 0) is 30.9 Å². The van der Waals surface area contributed by atoms with Gasteiger partial charge >= 0.3 is 0 Å². The number of nitrogens with zero attached hydrogens (tertiary/aromatic N) is 5. The molecule has 0 bridgehead atoms. The van der Waals surface area contributed by atoms with E-state index in [1.165, 1.54) is 24.1 Å². The molecule has 1 aromatic carbocycles. The average Bonchev–Trinajstić information content (AvgIpc) is 2.67. The lowest BCUT2D eigenvalue weighted by Crippen LogP contribution is -2.44. The molecule has 4 rings (SSSR count). The number of hydrogen-bond donors (Lipinski definition) is 0. The van der Waals surface area contributed by atoms with Crippen LogP contribution < -0.4 is 5.56 Å². The third-order valence-corrected chi connectivity index (χ3v) is 5.29. The van der Waals surface area contributed by atoms with Crippen LogP contribution in [0.5, 0.6) is 0 Å². The number of morpholine rings is 1. The third-order valence-electron chi connectivity index (χ3n) is 5.29. The second-order valence-electron chi connectivity index (χ2n) is 7.03. The van der Waals surface area contributed by atoms with Gasteiger partial charge in [0, 0.05) is 32.7 Å². The van der Waals surface area contributed by atoms with Crippen LogP contribution in [0, 0.1) is 5.92 Å². The van der Waals surface area contributed by atoms with E-state index in [1.807, 2.05) is 24.3 Å². The zero-order valence-corrected chi connectivity index (χ0v) is 14.5. The Bertz CT molecular complexity index is 763. The van der Waals surface area contributed by atoms with Crippen molar-refractivity contribution >= 4 is 10.9 Å². The number of rotatable bonds is 4. The topological polar surface area (TPSA) is 63.5 Å². The molecule has 0 atom stereocenters. The summed E-state index contributed by atoms with van der Waals surface area (Å²) < 4.78 is 6.91. The van der Waals surface area contributed by atoms with Crippen LogP contribution in [0.4, 0.5) is 0 Å².